The molecule has 0 saturated carbocycles. The fourth-order valence-electron chi connectivity index (χ4n) is 3.94. The van der Waals surface area contributed by atoms with Crippen molar-refractivity contribution in [2.45, 2.75) is 39.8 Å². The number of nitrogens with one attached hydrogen (secondary N) is 2. The minimum Gasteiger partial charge on any atom is -0.467 e. The lowest BCUT2D eigenvalue weighted by Gasteiger charge is -2.36. The molecule has 31 heavy (non-hydrogen) atoms. The maximum Gasteiger partial charge on any atom is 0.191 e. The van der Waals surface area contributed by atoms with Crippen LogP contribution in [-0.4, -0.2) is 69.6 Å². The first-order valence-electron chi connectivity index (χ1n) is 10.9. The number of hydrogen-bond donors (Lipinski definition) is 2. The molecule has 2 aliphatic rings. The van der Waals surface area contributed by atoms with Crippen LogP contribution in [0.2, 0.25) is 0 Å². The molecule has 176 valence electrons. The van der Waals surface area contributed by atoms with E-state index in [9.17, 15) is 4.39 Å². The Morgan fingerprint density at radius 2 is 1.97 bits per heavy atom. The Morgan fingerprint density at radius 1 is 1.19 bits per heavy atom. The lowest BCUT2D eigenvalue weighted by atomic mass is 10.0. The average Bonchev–Trinajstić information content (AvgIpc) is 2.74. The number of benzene rings is 1. The van der Waals surface area contributed by atoms with Crippen molar-refractivity contribution < 1.29 is 18.6 Å². The molecule has 0 aromatic heterocycles. The molecule has 1 atom stereocenters. The van der Waals surface area contributed by atoms with Gasteiger partial charge >= 0.3 is 0 Å². The predicted molar refractivity (Wildman–Crippen MR) is 131 cm³/mol. The van der Waals surface area contributed by atoms with Gasteiger partial charge in [0.15, 0.2) is 12.8 Å². The van der Waals surface area contributed by atoms with Crippen molar-refractivity contribution in [3.8, 4) is 5.75 Å². The molecular weight excluding hydrogens is 514 g/mol. The summed E-state index contributed by atoms with van der Waals surface area (Å²) in [5.41, 5.74) is 1.62. The van der Waals surface area contributed by atoms with Gasteiger partial charge in [-0.15, -0.1) is 24.0 Å². The highest BCUT2D eigenvalue weighted by Crippen LogP contribution is 2.29. The zero-order chi connectivity index (χ0) is 21.3. The highest BCUT2D eigenvalue weighted by Gasteiger charge is 2.23. The van der Waals surface area contributed by atoms with E-state index in [0.717, 1.165) is 62.2 Å². The van der Waals surface area contributed by atoms with E-state index in [0.29, 0.717) is 31.5 Å². The number of guanidine groups is 1. The van der Waals surface area contributed by atoms with Crippen LogP contribution in [0.1, 0.15) is 31.9 Å². The molecule has 0 aliphatic carbocycles. The lowest BCUT2D eigenvalue weighted by Crippen LogP contribution is -2.48. The molecule has 7 nitrogen and oxygen atoms in total. The smallest absolute Gasteiger partial charge is 0.191 e. The first-order valence-corrected chi connectivity index (χ1v) is 10.9. The van der Waals surface area contributed by atoms with Crippen molar-refractivity contribution >= 4 is 29.9 Å². The Labute approximate surface area is 202 Å². The van der Waals surface area contributed by atoms with Gasteiger partial charge in [-0.1, -0.05) is 13.8 Å². The van der Waals surface area contributed by atoms with Gasteiger partial charge in [0.25, 0.3) is 0 Å². The molecule has 1 unspecified atom stereocenters. The monoisotopic (exact) mass is 550 g/mol. The molecule has 2 heterocycles. The topological polar surface area (TPSA) is 67.4 Å². The SMILES string of the molecule is CCNC(=NCC(C(C)C)N1CCOCC1)NCCc1cc(F)cc2c1OCOC2.I. The number of nitrogens with zero attached hydrogens (tertiary/aromatic N) is 2. The summed E-state index contributed by atoms with van der Waals surface area (Å²) >= 11 is 0. The van der Waals surface area contributed by atoms with E-state index >= 15 is 0 Å². The standard InChI is InChI=1S/C22H35FN4O3.HI/c1-4-24-22(26-13-20(16(2)3)27-7-9-28-10-8-27)25-6-5-17-11-19(23)12-18-14-29-15-30-21(17)18;/h11-12,16,20H,4-10,13-15H2,1-3H3,(H2,24,25,26);1H. The Morgan fingerprint density at radius 3 is 2.68 bits per heavy atom. The second-order valence-corrected chi connectivity index (χ2v) is 8.02. The van der Waals surface area contributed by atoms with Crippen molar-refractivity contribution in [2.24, 2.45) is 10.9 Å². The van der Waals surface area contributed by atoms with Crippen LogP contribution in [0.25, 0.3) is 0 Å². The van der Waals surface area contributed by atoms with E-state index in [2.05, 4.69) is 36.3 Å². The van der Waals surface area contributed by atoms with Crippen LogP contribution >= 0.6 is 24.0 Å². The Balaban J connectivity index is 0.00000341. The van der Waals surface area contributed by atoms with Crippen LogP contribution in [0.3, 0.4) is 0 Å². The van der Waals surface area contributed by atoms with E-state index in [1.165, 1.54) is 6.07 Å². The van der Waals surface area contributed by atoms with Gasteiger partial charge in [-0.25, -0.2) is 4.39 Å². The van der Waals surface area contributed by atoms with Crippen LogP contribution in [0, 0.1) is 11.7 Å². The van der Waals surface area contributed by atoms with Gasteiger partial charge < -0.3 is 24.8 Å². The third-order valence-electron chi connectivity index (χ3n) is 5.50. The van der Waals surface area contributed by atoms with Crippen molar-refractivity contribution in [3.63, 3.8) is 0 Å². The zero-order valence-electron chi connectivity index (χ0n) is 18.8. The van der Waals surface area contributed by atoms with Gasteiger partial charge in [-0.3, -0.25) is 9.89 Å². The van der Waals surface area contributed by atoms with E-state index in [1.807, 2.05) is 0 Å². The van der Waals surface area contributed by atoms with Gasteiger partial charge in [0, 0.05) is 37.8 Å². The molecule has 0 bridgehead atoms. The number of fused-ring (bicyclic) bond motifs is 1. The first kappa shape index (κ1) is 26.1. The summed E-state index contributed by atoms with van der Waals surface area (Å²) in [5.74, 6) is 1.78. The molecule has 0 amide bonds. The van der Waals surface area contributed by atoms with Gasteiger partial charge in [0.2, 0.25) is 0 Å². The highest BCUT2D eigenvalue weighted by atomic mass is 127. The van der Waals surface area contributed by atoms with E-state index in [4.69, 9.17) is 19.2 Å². The molecule has 2 aliphatic heterocycles. The molecule has 1 fully saturated rings. The fraction of sp³-hybridized carbons (Fsp3) is 0.682. The third-order valence-corrected chi connectivity index (χ3v) is 5.50. The summed E-state index contributed by atoms with van der Waals surface area (Å²) in [6, 6.07) is 3.41. The molecule has 2 N–H and O–H groups in total. The lowest BCUT2D eigenvalue weighted by molar-refractivity contribution is -0.0172. The summed E-state index contributed by atoms with van der Waals surface area (Å²) in [7, 11) is 0. The van der Waals surface area contributed by atoms with Crippen molar-refractivity contribution in [1.29, 1.82) is 0 Å². The van der Waals surface area contributed by atoms with Crippen molar-refractivity contribution in [1.82, 2.24) is 15.5 Å². The fourth-order valence-corrected chi connectivity index (χ4v) is 3.94. The maximum absolute atomic E-state index is 13.9. The summed E-state index contributed by atoms with van der Waals surface area (Å²) in [4.78, 5) is 7.30. The number of morpholine rings is 1. The average molecular weight is 550 g/mol. The number of hydrogen-bond acceptors (Lipinski definition) is 5. The number of aliphatic imine (C=N–C) groups is 1. The quantitative estimate of drug-likeness (QED) is 0.295. The second kappa shape index (κ2) is 13.4. The number of halogens is 2. The van der Waals surface area contributed by atoms with Gasteiger partial charge in [0.1, 0.15) is 11.6 Å². The second-order valence-electron chi connectivity index (χ2n) is 8.02. The molecule has 1 aromatic rings. The summed E-state index contributed by atoms with van der Waals surface area (Å²) in [6.45, 7) is 12.8. The third kappa shape index (κ3) is 7.73. The molecular formula is C22H36FIN4O3. The Kier molecular flexibility index (Phi) is 11.3. The molecule has 0 radical (unpaired) electrons. The normalized spacial score (nSPS) is 18.0. The van der Waals surface area contributed by atoms with Crippen molar-refractivity contribution in [3.05, 3.63) is 29.1 Å². The predicted octanol–water partition coefficient (Wildman–Crippen LogP) is 2.76. The molecule has 1 saturated heterocycles. The zero-order valence-corrected chi connectivity index (χ0v) is 21.1. The minimum atomic E-state index is -0.260. The highest BCUT2D eigenvalue weighted by molar-refractivity contribution is 14.0. The van der Waals surface area contributed by atoms with Crippen LogP contribution in [0.4, 0.5) is 4.39 Å². The van der Waals surface area contributed by atoms with Crippen LogP contribution in [0.15, 0.2) is 17.1 Å². The van der Waals surface area contributed by atoms with Crippen LogP contribution < -0.4 is 15.4 Å². The van der Waals surface area contributed by atoms with Gasteiger partial charge in [-0.05, 0) is 37.0 Å². The summed E-state index contributed by atoms with van der Waals surface area (Å²) in [5, 5.41) is 6.69. The Hall–Kier alpha value is -1.17. The number of ether oxygens (including phenoxy) is 3. The minimum absolute atomic E-state index is 0. The molecule has 0 spiro atoms. The molecule has 3 rings (SSSR count). The summed E-state index contributed by atoms with van der Waals surface area (Å²) in [6.07, 6.45) is 0.640. The van der Waals surface area contributed by atoms with Gasteiger partial charge in [0.05, 0.1) is 26.4 Å². The Bertz CT molecular complexity index is 714. The first-order chi connectivity index (χ1) is 14.6. The number of rotatable bonds is 8. The van der Waals surface area contributed by atoms with Gasteiger partial charge in [-0.2, -0.15) is 0 Å². The maximum atomic E-state index is 13.9. The molecule has 9 heteroatoms. The van der Waals surface area contributed by atoms with Crippen LogP contribution in [0.5, 0.6) is 5.75 Å². The van der Waals surface area contributed by atoms with E-state index in [1.54, 1.807) is 6.07 Å². The molecule has 1 aromatic carbocycles. The van der Waals surface area contributed by atoms with E-state index < -0.39 is 0 Å². The van der Waals surface area contributed by atoms with Crippen LogP contribution in [-0.2, 0) is 22.5 Å². The largest absolute Gasteiger partial charge is 0.467 e. The summed E-state index contributed by atoms with van der Waals surface area (Å²) < 4.78 is 30.3. The van der Waals surface area contributed by atoms with Crippen molar-refractivity contribution in [2.75, 3.05) is 52.7 Å². The van der Waals surface area contributed by atoms with E-state index in [-0.39, 0.29) is 36.6 Å².